The van der Waals surface area contributed by atoms with Crippen molar-refractivity contribution in [2.75, 3.05) is 45.0 Å². The summed E-state index contributed by atoms with van der Waals surface area (Å²) in [7, 11) is 2.86. The van der Waals surface area contributed by atoms with Crippen LogP contribution in [-0.2, 0) is 9.47 Å². The molecule has 1 aliphatic rings. The third-order valence-corrected chi connectivity index (χ3v) is 4.17. The van der Waals surface area contributed by atoms with E-state index in [9.17, 15) is 4.79 Å². The molecule has 3 N–H and O–H groups in total. The predicted octanol–water partition coefficient (Wildman–Crippen LogP) is 1.57. The summed E-state index contributed by atoms with van der Waals surface area (Å²) in [5.74, 6) is 0.539. The van der Waals surface area contributed by atoms with Gasteiger partial charge < -0.3 is 25.3 Å². The van der Waals surface area contributed by atoms with E-state index in [2.05, 4.69) is 5.32 Å². The summed E-state index contributed by atoms with van der Waals surface area (Å²) in [5.41, 5.74) is 6.22. The van der Waals surface area contributed by atoms with E-state index in [1.807, 2.05) is 0 Å². The maximum absolute atomic E-state index is 11.6. The Morgan fingerprint density at radius 1 is 1.58 bits per heavy atom. The molecule has 1 fully saturated rings. The molecule has 2 heterocycles. The third-order valence-electron chi connectivity index (χ3n) is 3.05. The van der Waals surface area contributed by atoms with Crippen molar-refractivity contribution < 1.29 is 19.0 Å². The van der Waals surface area contributed by atoms with Gasteiger partial charge in [-0.3, -0.25) is 0 Å². The highest BCUT2D eigenvalue weighted by Gasteiger charge is 2.23. The van der Waals surface area contributed by atoms with E-state index in [0.29, 0.717) is 22.2 Å². The van der Waals surface area contributed by atoms with Crippen LogP contribution < -0.4 is 15.8 Å². The Labute approximate surface area is 115 Å². The average molecular weight is 286 g/mol. The first-order valence-electron chi connectivity index (χ1n) is 6.03. The summed E-state index contributed by atoms with van der Waals surface area (Å²) in [6, 6.07) is 0. The fraction of sp³-hybridized carbons (Fsp3) is 0.583. The van der Waals surface area contributed by atoms with Gasteiger partial charge in [-0.1, -0.05) is 0 Å². The van der Waals surface area contributed by atoms with Crippen LogP contribution in [0.3, 0.4) is 0 Å². The number of hydrogen-bond donors (Lipinski definition) is 2. The van der Waals surface area contributed by atoms with Crippen LogP contribution in [0.1, 0.15) is 16.1 Å². The lowest BCUT2D eigenvalue weighted by Crippen LogP contribution is -2.13. The molecule has 1 saturated heterocycles. The van der Waals surface area contributed by atoms with Gasteiger partial charge in [-0.2, -0.15) is 0 Å². The molecule has 2 rings (SSSR count). The molecule has 0 spiro atoms. The van der Waals surface area contributed by atoms with Gasteiger partial charge in [0.25, 0.3) is 0 Å². The van der Waals surface area contributed by atoms with Crippen LogP contribution in [0.2, 0.25) is 0 Å². The first-order valence-corrected chi connectivity index (χ1v) is 6.85. The van der Waals surface area contributed by atoms with Crippen molar-refractivity contribution in [3.8, 4) is 5.75 Å². The highest BCUT2D eigenvalue weighted by atomic mass is 32.1. The largest absolute Gasteiger partial charge is 0.492 e. The number of nitrogens with two attached hydrogens (primary N) is 1. The Morgan fingerprint density at radius 3 is 2.95 bits per heavy atom. The van der Waals surface area contributed by atoms with Crippen molar-refractivity contribution >= 4 is 28.0 Å². The summed E-state index contributed by atoms with van der Waals surface area (Å²) in [6.07, 6.45) is 1.04. The lowest BCUT2D eigenvalue weighted by Gasteiger charge is -2.10. The van der Waals surface area contributed by atoms with Crippen molar-refractivity contribution in [3.05, 3.63) is 4.88 Å². The van der Waals surface area contributed by atoms with E-state index < -0.39 is 5.97 Å². The van der Waals surface area contributed by atoms with E-state index >= 15 is 0 Å². The molecule has 0 aromatic carbocycles. The molecule has 0 saturated carbocycles. The standard InChI is InChI=1S/C12H18N2O4S/c1-16-9-8(13)10(12(15)17-2)19-11(9)14-5-7-3-4-18-6-7/h7,14H,3-6,13H2,1-2H3. The zero-order valence-corrected chi connectivity index (χ0v) is 11.8. The molecule has 106 valence electrons. The van der Waals surface area contributed by atoms with E-state index in [-0.39, 0.29) is 0 Å². The van der Waals surface area contributed by atoms with Crippen LogP contribution in [0.4, 0.5) is 10.7 Å². The second-order valence-electron chi connectivity index (χ2n) is 4.31. The van der Waals surface area contributed by atoms with Crippen molar-refractivity contribution in [2.45, 2.75) is 6.42 Å². The normalized spacial score (nSPS) is 18.3. The van der Waals surface area contributed by atoms with Crippen LogP contribution in [-0.4, -0.2) is 39.9 Å². The Hall–Kier alpha value is -1.47. The van der Waals surface area contributed by atoms with Gasteiger partial charge in [-0.05, 0) is 6.42 Å². The van der Waals surface area contributed by atoms with Crippen molar-refractivity contribution in [3.63, 3.8) is 0 Å². The predicted molar refractivity (Wildman–Crippen MR) is 74.0 cm³/mol. The third kappa shape index (κ3) is 2.93. The first kappa shape index (κ1) is 14.0. The van der Waals surface area contributed by atoms with Crippen LogP contribution in [0.15, 0.2) is 0 Å². The fourth-order valence-corrected chi connectivity index (χ4v) is 2.99. The second-order valence-corrected chi connectivity index (χ2v) is 5.33. The molecule has 0 radical (unpaired) electrons. The fourth-order valence-electron chi connectivity index (χ4n) is 1.97. The minimum Gasteiger partial charge on any atom is -0.492 e. The van der Waals surface area contributed by atoms with Gasteiger partial charge >= 0.3 is 5.97 Å². The number of esters is 1. The number of nitrogens with one attached hydrogen (secondary N) is 1. The van der Waals surface area contributed by atoms with E-state index in [1.165, 1.54) is 25.6 Å². The highest BCUT2D eigenvalue weighted by molar-refractivity contribution is 7.19. The van der Waals surface area contributed by atoms with Gasteiger partial charge in [-0.15, -0.1) is 11.3 Å². The number of carbonyl (C=O) groups is 1. The molecule has 0 bridgehead atoms. The first-order chi connectivity index (χ1) is 9.17. The monoisotopic (exact) mass is 286 g/mol. The zero-order valence-electron chi connectivity index (χ0n) is 11.0. The topological polar surface area (TPSA) is 82.8 Å². The van der Waals surface area contributed by atoms with Crippen molar-refractivity contribution in [1.82, 2.24) is 0 Å². The summed E-state index contributed by atoms with van der Waals surface area (Å²) < 4.78 is 15.3. The molecule has 1 unspecified atom stereocenters. The molecule has 7 heteroatoms. The Kier molecular flexibility index (Phi) is 4.49. The number of thiophene rings is 1. The summed E-state index contributed by atoms with van der Waals surface area (Å²) in [4.78, 5) is 11.9. The van der Waals surface area contributed by atoms with Crippen LogP contribution in [0.5, 0.6) is 5.75 Å². The van der Waals surface area contributed by atoms with Crippen LogP contribution >= 0.6 is 11.3 Å². The molecule has 19 heavy (non-hydrogen) atoms. The SMILES string of the molecule is COC(=O)c1sc(NCC2CCOC2)c(OC)c1N. The molecular weight excluding hydrogens is 268 g/mol. The molecule has 1 atom stereocenters. The van der Waals surface area contributed by atoms with Gasteiger partial charge in [-0.25, -0.2) is 4.79 Å². The minimum atomic E-state index is -0.446. The molecular formula is C12H18N2O4S. The number of anilines is 2. The van der Waals surface area contributed by atoms with Gasteiger partial charge in [0.2, 0.25) is 0 Å². The van der Waals surface area contributed by atoms with Crippen molar-refractivity contribution in [2.24, 2.45) is 5.92 Å². The van der Waals surface area contributed by atoms with Gasteiger partial charge in [0.05, 0.1) is 20.8 Å². The summed E-state index contributed by atoms with van der Waals surface area (Å²) in [5, 5.41) is 4.03. The Morgan fingerprint density at radius 2 is 2.37 bits per heavy atom. The average Bonchev–Trinajstić information content (AvgIpc) is 3.03. The van der Waals surface area contributed by atoms with Gasteiger partial charge in [0.15, 0.2) is 5.75 Å². The zero-order chi connectivity index (χ0) is 13.8. The van der Waals surface area contributed by atoms with Crippen molar-refractivity contribution in [1.29, 1.82) is 0 Å². The van der Waals surface area contributed by atoms with Gasteiger partial charge in [0.1, 0.15) is 15.6 Å². The number of methoxy groups -OCH3 is 2. The highest BCUT2D eigenvalue weighted by Crippen LogP contribution is 2.42. The number of hydrogen-bond acceptors (Lipinski definition) is 7. The number of nitrogen functional groups attached to an aromatic ring is 1. The van der Waals surface area contributed by atoms with Crippen LogP contribution in [0.25, 0.3) is 0 Å². The van der Waals surface area contributed by atoms with Crippen LogP contribution in [0, 0.1) is 5.92 Å². The smallest absolute Gasteiger partial charge is 0.350 e. The molecule has 0 amide bonds. The molecule has 1 aromatic rings. The second kappa shape index (κ2) is 6.12. The maximum atomic E-state index is 11.6. The lowest BCUT2D eigenvalue weighted by atomic mass is 10.1. The number of rotatable bonds is 5. The Bertz CT molecular complexity index is 455. The quantitative estimate of drug-likeness (QED) is 0.800. The van der Waals surface area contributed by atoms with E-state index in [4.69, 9.17) is 19.9 Å². The lowest BCUT2D eigenvalue weighted by molar-refractivity contribution is 0.0607. The minimum absolute atomic E-state index is 0.324. The molecule has 6 nitrogen and oxygen atoms in total. The maximum Gasteiger partial charge on any atom is 0.350 e. The van der Waals surface area contributed by atoms with Gasteiger partial charge in [0, 0.05) is 19.1 Å². The number of ether oxygens (including phenoxy) is 3. The van der Waals surface area contributed by atoms with E-state index in [1.54, 1.807) is 0 Å². The summed E-state index contributed by atoms with van der Waals surface area (Å²) in [6.45, 7) is 2.35. The molecule has 0 aliphatic carbocycles. The molecule has 1 aliphatic heterocycles. The van der Waals surface area contributed by atoms with E-state index in [0.717, 1.165) is 31.2 Å². The summed E-state index contributed by atoms with van der Waals surface area (Å²) >= 11 is 1.25. The number of carbonyl (C=O) groups excluding carboxylic acids is 1. The molecule has 1 aromatic heterocycles. The Balaban J connectivity index is 2.12.